The Morgan fingerprint density at radius 1 is 0.967 bits per heavy atom. The third-order valence-corrected chi connectivity index (χ3v) is 6.18. The molecule has 0 aliphatic rings. The lowest BCUT2D eigenvalue weighted by Gasteiger charge is -2.14. The maximum atomic E-state index is 10.0. The van der Waals surface area contributed by atoms with E-state index >= 15 is 0 Å². The fourth-order valence-corrected chi connectivity index (χ4v) is 4.47. The van der Waals surface area contributed by atoms with Gasteiger partial charge in [0, 0.05) is 40.2 Å². The van der Waals surface area contributed by atoms with Gasteiger partial charge in [-0.3, -0.25) is 4.98 Å². The first-order valence-corrected chi connectivity index (χ1v) is 10.8. The van der Waals surface area contributed by atoms with Gasteiger partial charge < -0.3 is 15.5 Å². The molecular formula is C24H21ClN2O2S. The first-order chi connectivity index (χ1) is 14.6. The Morgan fingerprint density at radius 2 is 1.83 bits per heavy atom. The van der Waals surface area contributed by atoms with E-state index in [0.717, 1.165) is 31.9 Å². The molecule has 0 radical (unpaired) electrons. The minimum Gasteiger partial charge on any atom is -0.506 e. The Hall–Kier alpha value is -2.73. The number of benzene rings is 3. The Labute approximate surface area is 184 Å². The van der Waals surface area contributed by atoms with Gasteiger partial charge in [0.2, 0.25) is 0 Å². The van der Waals surface area contributed by atoms with Crippen molar-refractivity contribution in [3.63, 3.8) is 0 Å². The van der Waals surface area contributed by atoms with Gasteiger partial charge in [0.25, 0.3) is 0 Å². The van der Waals surface area contributed by atoms with E-state index in [-0.39, 0.29) is 17.4 Å². The van der Waals surface area contributed by atoms with Crippen molar-refractivity contribution in [3.8, 4) is 5.75 Å². The van der Waals surface area contributed by atoms with E-state index in [9.17, 15) is 10.2 Å². The summed E-state index contributed by atoms with van der Waals surface area (Å²) < 4.78 is 0. The van der Waals surface area contributed by atoms with Crippen LogP contribution < -0.4 is 5.32 Å². The van der Waals surface area contributed by atoms with Gasteiger partial charge in [-0.15, -0.1) is 0 Å². The molecule has 152 valence electrons. The largest absolute Gasteiger partial charge is 0.506 e. The molecule has 1 aromatic heterocycles. The molecule has 4 nitrogen and oxygen atoms in total. The van der Waals surface area contributed by atoms with E-state index in [1.807, 2.05) is 30.5 Å². The Kier molecular flexibility index (Phi) is 6.43. The summed E-state index contributed by atoms with van der Waals surface area (Å²) in [5, 5.41) is 24.0. The number of hydrogen-bond acceptors (Lipinski definition) is 5. The molecule has 0 saturated carbocycles. The smallest absolute Gasteiger partial charge is 0.137 e. The molecule has 0 amide bonds. The van der Waals surface area contributed by atoms with Gasteiger partial charge in [-0.2, -0.15) is 0 Å². The van der Waals surface area contributed by atoms with Crippen molar-refractivity contribution in [2.45, 2.75) is 22.8 Å². The first kappa shape index (κ1) is 20.5. The van der Waals surface area contributed by atoms with Crippen LogP contribution in [0.2, 0.25) is 5.02 Å². The normalized spacial score (nSPS) is 11.0. The lowest BCUT2D eigenvalue weighted by Crippen LogP contribution is -2.02. The van der Waals surface area contributed by atoms with Crippen LogP contribution in [-0.2, 0) is 13.0 Å². The van der Waals surface area contributed by atoms with E-state index in [2.05, 4.69) is 46.7 Å². The monoisotopic (exact) mass is 436 g/mol. The van der Waals surface area contributed by atoms with Crippen molar-refractivity contribution in [1.82, 2.24) is 4.98 Å². The van der Waals surface area contributed by atoms with Crippen molar-refractivity contribution in [2.24, 2.45) is 0 Å². The summed E-state index contributed by atoms with van der Waals surface area (Å²) in [5.41, 5.74) is 3.56. The van der Waals surface area contributed by atoms with Crippen LogP contribution in [0.5, 0.6) is 5.75 Å². The van der Waals surface area contributed by atoms with E-state index in [4.69, 9.17) is 11.6 Å². The van der Waals surface area contributed by atoms with Gasteiger partial charge in [0.15, 0.2) is 0 Å². The van der Waals surface area contributed by atoms with Gasteiger partial charge in [-0.05, 0) is 53.9 Å². The van der Waals surface area contributed by atoms with E-state index in [1.165, 1.54) is 0 Å². The van der Waals surface area contributed by atoms with Crippen LogP contribution in [0, 0.1) is 0 Å². The number of rotatable bonds is 7. The standard InChI is InChI=1S/C24H21ClN2O2S/c25-21-13-19(12-17(9-11-28)24(21)29)27-15-18-4-1-2-6-23(18)30-20-8-7-16-5-3-10-26-22(16)14-20/h1-8,10,12-14,27-29H,9,11,15H2. The third kappa shape index (κ3) is 4.70. The quantitative estimate of drug-likeness (QED) is 0.315. The van der Waals surface area contributed by atoms with Crippen LogP contribution >= 0.6 is 23.4 Å². The fourth-order valence-electron chi connectivity index (χ4n) is 3.25. The van der Waals surface area contributed by atoms with E-state index in [0.29, 0.717) is 18.5 Å². The molecular weight excluding hydrogens is 416 g/mol. The zero-order valence-electron chi connectivity index (χ0n) is 16.2. The fraction of sp³-hybridized carbons (Fsp3) is 0.125. The molecule has 0 aliphatic carbocycles. The number of anilines is 1. The van der Waals surface area contributed by atoms with Crippen LogP contribution in [0.4, 0.5) is 5.69 Å². The number of aliphatic hydroxyl groups excluding tert-OH is 1. The van der Waals surface area contributed by atoms with Crippen LogP contribution in [-0.4, -0.2) is 21.8 Å². The van der Waals surface area contributed by atoms with Crippen LogP contribution in [0.15, 0.2) is 82.7 Å². The molecule has 0 bridgehead atoms. The number of nitrogens with one attached hydrogen (secondary N) is 1. The number of phenols is 1. The van der Waals surface area contributed by atoms with Gasteiger partial charge in [-0.1, -0.05) is 53.7 Å². The van der Waals surface area contributed by atoms with Crippen molar-refractivity contribution in [2.75, 3.05) is 11.9 Å². The summed E-state index contributed by atoms with van der Waals surface area (Å²) in [5.74, 6) is 0.0251. The third-order valence-electron chi connectivity index (χ3n) is 4.78. The van der Waals surface area contributed by atoms with E-state index in [1.54, 1.807) is 17.8 Å². The molecule has 0 atom stereocenters. The molecule has 0 fully saturated rings. The van der Waals surface area contributed by atoms with Gasteiger partial charge in [0.1, 0.15) is 5.75 Å². The Balaban J connectivity index is 1.53. The van der Waals surface area contributed by atoms with Gasteiger partial charge in [0.05, 0.1) is 10.5 Å². The second kappa shape index (κ2) is 9.39. The first-order valence-electron chi connectivity index (χ1n) is 9.60. The number of aromatic hydroxyl groups is 1. The van der Waals surface area contributed by atoms with Crippen LogP contribution in [0.3, 0.4) is 0 Å². The number of nitrogens with zero attached hydrogens (tertiary/aromatic N) is 1. The summed E-state index contributed by atoms with van der Waals surface area (Å²) in [4.78, 5) is 6.73. The molecule has 6 heteroatoms. The SMILES string of the molecule is OCCc1cc(NCc2ccccc2Sc2ccc3cccnc3c2)cc(Cl)c1O. The summed E-state index contributed by atoms with van der Waals surface area (Å²) in [7, 11) is 0. The molecule has 4 rings (SSSR count). The number of aromatic nitrogens is 1. The highest BCUT2D eigenvalue weighted by Gasteiger charge is 2.10. The Morgan fingerprint density at radius 3 is 2.70 bits per heavy atom. The predicted octanol–water partition coefficient (Wildman–Crippen LogP) is 5.89. The van der Waals surface area contributed by atoms with Crippen LogP contribution in [0.1, 0.15) is 11.1 Å². The summed E-state index contributed by atoms with van der Waals surface area (Å²) in [6, 6.07) is 22.1. The van der Waals surface area contributed by atoms with Crippen LogP contribution in [0.25, 0.3) is 10.9 Å². The molecule has 4 aromatic rings. The van der Waals surface area contributed by atoms with E-state index < -0.39 is 0 Å². The summed E-state index contributed by atoms with van der Waals surface area (Å²) in [6.07, 6.45) is 2.16. The molecule has 0 unspecified atom stereocenters. The molecule has 3 N–H and O–H groups in total. The average Bonchev–Trinajstić information content (AvgIpc) is 2.76. The maximum absolute atomic E-state index is 10.0. The molecule has 0 spiro atoms. The average molecular weight is 437 g/mol. The molecule has 0 saturated heterocycles. The number of fused-ring (bicyclic) bond motifs is 1. The number of pyridine rings is 1. The zero-order chi connectivity index (χ0) is 20.9. The number of phenolic OH excluding ortho intramolecular Hbond substituents is 1. The molecule has 30 heavy (non-hydrogen) atoms. The van der Waals surface area contributed by atoms with Gasteiger partial charge in [-0.25, -0.2) is 0 Å². The highest BCUT2D eigenvalue weighted by Crippen LogP contribution is 2.34. The molecule has 0 aliphatic heterocycles. The highest BCUT2D eigenvalue weighted by atomic mass is 35.5. The summed E-state index contributed by atoms with van der Waals surface area (Å²) >= 11 is 7.84. The van der Waals surface area contributed by atoms with Crippen molar-refractivity contribution in [1.29, 1.82) is 0 Å². The minimum atomic E-state index is -0.0482. The number of halogens is 1. The highest BCUT2D eigenvalue weighted by molar-refractivity contribution is 7.99. The number of aliphatic hydroxyl groups is 1. The summed E-state index contributed by atoms with van der Waals surface area (Å²) in [6.45, 7) is 0.558. The number of hydrogen-bond donors (Lipinski definition) is 3. The second-order valence-electron chi connectivity index (χ2n) is 6.86. The van der Waals surface area contributed by atoms with Crippen molar-refractivity contribution < 1.29 is 10.2 Å². The zero-order valence-corrected chi connectivity index (χ0v) is 17.7. The predicted molar refractivity (Wildman–Crippen MR) is 124 cm³/mol. The second-order valence-corrected chi connectivity index (χ2v) is 8.38. The van der Waals surface area contributed by atoms with Gasteiger partial charge >= 0.3 is 0 Å². The topological polar surface area (TPSA) is 65.4 Å². The Bertz CT molecular complexity index is 1180. The molecule has 1 heterocycles. The lowest BCUT2D eigenvalue weighted by atomic mass is 10.1. The molecule has 3 aromatic carbocycles. The van der Waals surface area contributed by atoms with Crippen molar-refractivity contribution >= 4 is 40.0 Å². The lowest BCUT2D eigenvalue weighted by molar-refractivity contribution is 0.297. The van der Waals surface area contributed by atoms with Crippen molar-refractivity contribution in [3.05, 3.63) is 89.1 Å². The minimum absolute atomic E-state index is 0.0251. The maximum Gasteiger partial charge on any atom is 0.137 e.